The maximum Gasteiger partial charge on any atom is 0.389 e. The van der Waals surface area contributed by atoms with Crippen LogP contribution in [0, 0.1) is 0 Å². The number of aryl methyl sites for hydroxylation is 1. The van der Waals surface area contributed by atoms with Crippen LogP contribution < -0.4 is 5.73 Å². The number of hydrogen-bond acceptors (Lipinski definition) is 4. The lowest BCUT2D eigenvalue weighted by Gasteiger charge is -2.03. The highest BCUT2D eigenvalue weighted by Gasteiger charge is 2.27. The maximum atomic E-state index is 11.9. The highest BCUT2D eigenvalue weighted by atomic mass is 19.4. The van der Waals surface area contributed by atoms with Crippen molar-refractivity contribution in [3.8, 4) is 0 Å². The SMILES string of the molecule is CCC(N)Cc1nc(CCC(F)(F)F)no1. The largest absolute Gasteiger partial charge is 0.389 e. The summed E-state index contributed by atoms with van der Waals surface area (Å²) in [4.78, 5) is 3.84. The van der Waals surface area contributed by atoms with Gasteiger partial charge in [0.15, 0.2) is 5.82 Å². The molecule has 16 heavy (non-hydrogen) atoms. The zero-order valence-corrected chi connectivity index (χ0v) is 8.92. The summed E-state index contributed by atoms with van der Waals surface area (Å²) < 4.78 is 40.5. The van der Waals surface area contributed by atoms with E-state index in [4.69, 9.17) is 10.3 Å². The van der Waals surface area contributed by atoms with Gasteiger partial charge in [-0.15, -0.1) is 0 Å². The summed E-state index contributed by atoms with van der Waals surface area (Å²) >= 11 is 0. The average molecular weight is 237 g/mol. The van der Waals surface area contributed by atoms with Crippen molar-refractivity contribution in [1.29, 1.82) is 0 Å². The van der Waals surface area contributed by atoms with Crippen LogP contribution in [0.3, 0.4) is 0 Å². The van der Waals surface area contributed by atoms with E-state index in [1.807, 2.05) is 6.92 Å². The van der Waals surface area contributed by atoms with Gasteiger partial charge in [-0.2, -0.15) is 18.2 Å². The molecule has 0 aliphatic rings. The van der Waals surface area contributed by atoms with Gasteiger partial charge in [0.2, 0.25) is 5.89 Å². The van der Waals surface area contributed by atoms with Crippen LogP contribution in [0.1, 0.15) is 31.5 Å². The van der Waals surface area contributed by atoms with Gasteiger partial charge >= 0.3 is 6.18 Å². The fourth-order valence-electron chi connectivity index (χ4n) is 1.10. The molecule has 0 saturated carbocycles. The Morgan fingerprint density at radius 3 is 2.69 bits per heavy atom. The Labute approximate surface area is 91.0 Å². The minimum atomic E-state index is -4.19. The summed E-state index contributed by atoms with van der Waals surface area (Å²) in [7, 11) is 0. The van der Waals surface area contributed by atoms with Crippen molar-refractivity contribution in [2.75, 3.05) is 0 Å². The number of nitrogens with zero attached hydrogens (tertiary/aromatic N) is 2. The van der Waals surface area contributed by atoms with Crippen LogP contribution in [0.2, 0.25) is 0 Å². The van der Waals surface area contributed by atoms with Crippen LogP contribution in [0.25, 0.3) is 0 Å². The molecule has 0 saturated heterocycles. The average Bonchev–Trinajstić information content (AvgIpc) is 2.61. The van der Waals surface area contributed by atoms with E-state index in [0.717, 1.165) is 6.42 Å². The van der Waals surface area contributed by atoms with Gasteiger partial charge in [-0.3, -0.25) is 0 Å². The molecule has 1 aromatic rings. The highest BCUT2D eigenvalue weighted by Crippen LogP contribution is 2.21. The number of alkyl halides is 3. The molecule has 0 aliphatic carbocycles. The van der Waals surface area contributed by atoms with Crippen molar-refractivity contribution in [2.45, 2.75) is 44.8 Å². The van der Waals surface area contributed by atoms with Crippen LogP contribution in [0.15, 0.2) is 4.52 Å². The lowest BCUT2D eigenvalue weighted by atomic mass is 10.2. The van der Waals surface area contributed by atoms with Gasteiger partial charge in [0.25, 0.3) is 0 Å². The van der Waals surface area contributed by atoms with E-state index < -0.39 is 12.6 Å². The Hall–Kier alpha value is -1.11. The van der Waals surface area contributed by atoms with E-state index in [1.54, 1.807) is 0 Å². The van der Waals surface area contributed by atoms with Crippen LogP contribution in [-0.2, 0) is 12.8 Å². The summed E-state index contributed by atoms with van der Waals surface area (Å²) in [5, 5.41) is 3.46. The van der Waals surface area contributed by atoms with Crippen LogP contribution in [0.5, 0.6) is 0 Å². The minimum Gasteiger partial charge on any atom is -0.339 e. The molecule has 0 amide bonds. The molecule has 0 spiro atoms. The van der Waals surface area contributed by atoms with E-state index >= 15 is 0 Å². The molecule has 0 aromatic carbocycles. The van der Waals surface area contributed by atoms with Gasteiger partial charge in [0, 0.05) is 18.9 Å². The fourth-order valence-corrected chi connectivity index (χ4v) is 1.10. The maximum absolute atomic E-state index is 11.9. The third kappa shape index (κ3) is 4.61. The van der Waals surface area contributed by atoms with E-state index in [2.05, 4.69) is 10.1 Å². The smallest absolute Gasteiger partial charge is 0.339 e. The minimum absolute atomic E-state index is 0.0793. The summed E-state index contributed by atoms with van der Waals surface area (Å²) in [5.74, 6) is 0.377. The second kappa shape index (κ2) is 5.29. The fraction of sp³-hybridized carbons (Fsp3) is 0.778. The lowest BCUT2D eigenvalue weighted by molar-refractivity contribution is -0.134. The first-order valence-electron chi connectivity index (χ1n) is 5.04. The monoisotopic (exact) mass is 237 g/mol. The summed E-state index contributed by atoms with van der Waals surface area (Å²) in [6.45, 7) is 1.91. The summed E-state index contributed by atoms with van der Waals surface area (Å²) in [6, 6.07) is -0.101. The van der Waals surface area contributed by atoms with Gasteiger partial charge < -0.3 is 10.3 Å². The third-order valence-electron chi connectivity index (χ3n) is 2.10. The van der Waals surface area contributed by atoms with Gasteiger partial charge in [-0.05, 0) is 6.42 Å². The molecule has 0 radical (unpaired) electrons. The Bertz CT molecular complexity index is 324. The van der Waals surface area contributed by atoms with Crippen molar-refractivity contribution in [3.63, 3.8) is 0 Å². The summed E-state index contributed by atoms with van der Waals surface area (Å²) in [6.07, 6.45) is -4.24. The zero-order valence-electron chi connectivity index (χ0n) is 8.92. The predicted molar refractivity (Wildman–Crippen MR) is 50.6 cm³/mol. The van der Waals surface area contributed by atoms with Crippen molar-refractivity contribution < 1.29 is 17.7 Å². The highest BCUT2D eigenvalue weighted by molar-refractivity contribution is 4.89. The van der Waals surface area contributed by atoms with Gasteiger partial charge in [0.05, 0.1) is 6.42 Å². The van der Waals surface area contributed by atoms with Crippen LogP contribution in [-0.4, -0.2) is 22.4 Å². The van der Waals surface area contributed by atoms with E-state index in [-0.39, 0.29) is 18.3 Å². The van der Waals surface area contributed by atoms with Crippen molar-refractivity contribution in [1.82, 2.24) is 10.1 Å². The van der Waals surface area contributed by atoms with Crippen molar-refractivity contribution in [2.24, 2.45) is 5.73 Å². The first-order chi connectivity index (χ1) is 7.40. The molecule has 1 aromatic heterocycles. The van der Waals surface area contributed by atoms with E-state index in [1.165, 1.54) is 0 Å². The summed E-state index contributed by atoms with van der Waals surface area (Å²) in [5.41, 5.74) is 5.65. The molecular formula is C9H14F3N3O. The van der Waals surface area contributed by atoms with Gasteiger partial charge in [-0.1, -0.05) is 12.1 Å². The standard InChI is InChI=1S/C9H14F3N3O/c1-2-6(13)5-8-14-7(15-16-8)3-4-9(10,11)12/h6H,2-5,13H2,1H3. The topological polar surface area (TPSA) is 64.9 Å². The normalized spacial score (nSPS) is 14.1. The Kier molecular flexibility index (Phi) is 4.28. The van der Waals surface area contributed by atoms with E-state index in [9.17, 15) is 13.2 Å². The Balaban J connectivity index is 2.45. The molecule has 2 N–H and O–H groups in total. The molecule has 1 unspecified atom stereocenters. The lowest BCUT2D eigenvalue weighted by Crippen LogP contribution is -2.21. The number of hydrogen-bond donors (Lipinski definition) is 1. The number of nitrogens with two attached hydrogens (primary N) is 1. The molecule has 1 heterocycles. The molecule has 1 rings (SSSR count). The van der Waals surface area contributed by atoms with Crippen molar-refractivity contribution in [3.05, 3.63) is 11.7 Å². The van der Waals surface area contributed by atoms with Gasteiger partial charge in [0.1, 0.15) is 0 Å². The van der Waals surface area contributed by atoms with E-state index in [0.29, 0.717) is 12.3 Å². The molecule has 92 valence electrons. The molecule has 7 heteroatoms. The predicted octanol–water partition coefficient (Wildman–Crippen LogP) is 1.84. The number of halogens is 3. The second-order valence-electron chi connectivity index (χ2n) is 3.59. The zero-order chi connectivity index (χ0) is 12.2. The molecular weight excluding hydrogens is 223 g/mol. The first-order valence-corrected chi connectivity index (χ1v) is 5.04. The molecule has 0 fully saturated rings. The van der Waals surface area contributed by atoms with Crippen LogP contribution >= 0.6 is 0 Å². The first kappa shape index (κ1) is 13.0. The third-order valence-corrected chi connectivity index (χ3v) is 2.10. The quantitative estimate of drug-likeness (QED) is 0.848. The number of aromatic nitrogens is 2. The van der Waals surface area contributed by atoms with Gasteiger partial charge in [-0.25, -0.2) is 0 Å². The molecule has 0 bridgehead atoms. The molecule has 4 nitrogen and oxygen atoms in total. The van der Waals surface area contributed by atoms with Crippen molar-refractivity contribution >= 4 is 0 Å². The van der Waals surface area contributed by atoms with Crippen LogP contribution in [0.4, 0.5) is 13.2 Å². The molecule has 0 aliphatic heterocycles. The Morgan fingerprint density at radius 2 is 2.12 bits per heavy atom. The number of rotatable bonds is 5. The second-order valence-corrected chi connectivity index (χ2v) is 3.59. The Morgan fingerprint density at radius 1 is 1.44 bits per heavy atom. The molecule has 1 atom stereocenters.